The van der Waals surface area contributed by atoms with E-state index in [0.717, 1.165) is 49.0 Å². The van der Waals surface area contributed by atoms with Crippen LogP contribution in [-0.2, 0) is 11.3 Å². The Balaban J connectivity index is 1.06. The van der Waals surface area contributed by atoms with Gasteiger partial charge in [-0.25, -0.2) is 15.0 Å². The van der Waals surface area contributed by atoms with Crippen LogP contribution in [0.3, 0.4) is 0 Å². The summed E-state index contributed by atoms with van der Waals surface area (Å²) >= 11 is 1.53. The van der Waals surface area contributed by atoms with E-state index >= 15 is 8.78 Å². The topological polar surface area (TPSA) is 64.5 Å². The van der Waals surface area contributed by atoms with E-state index in [0.29, 0.717) is 29.5 Å². The van der Waals surface area contributed by atoms with Gasteiger partial charge < -0.3 is 0 Å². The number of hydrogen-bond acceptors (Lipinski definition) is 6. The van der Waals surface area contributed by atoms with E-state index < -0.39 is 11.3 Å². The van der Waals surface area contributed by atoms with Crippen LogP contribution in [0, 0.1) is 0 Å². The van der Waals surface area contributed by atoms with Gasteiger partial charge in [0, 0.05) is 38.8 Å². The van der Waals surface area contributed by atoms with Crippen molar-refractivity contribution < 1.29 is 8.78 Å². The predicted octanol–water partition coefficient (Wildman–Crippen LogP) is 10.8. The maximum atomic E-state index is 16.2. The van der Waals surface area contributed by atoms with Crippen LogP contribution in [0.25, 0.3) is 60.6 Å². The van der Waals surface area contributed by atoms with Crippen molar-refractivity contribution in [1.82, 2.24) is 25.1 Å². The maximum absolute atomic E-state index is 16.2. The molecule has 0 aliphatic heterocycles. The van der Waals surface area contributed by atoms with Gasteiger partial charge >= 0.3 is 0 Å². The molecule has 0 saturated carbocycles. The summed E-state index contributed by atoms with van der Waals surface area (Å²) in [5.74, 6) is -1.55. The summed E-state index contributed by atoms with van der Waals surface area (Å²) in [4.78, 5) is 14.6. The number of halogens is 2. The molecule has 2 aliphatic carbocycles. The molecule has 0 saturated heterocycles. The predicted molar refractivity (Wildman–Crippen MR) is 199 cm³/mol. The molecule has 2 aliphatic rings. The molecule has 51 heavy (non-hydrogen) atoms. The number of hydrogen-bond donors (Lipinski definition) is 0. The highest BCUT2D eigenvalue weighted by Crippen LogP contribution is 2.60. The third-order valence-corrected chi connectivity index (χ3v) is 10.8. The molecule has 0 fully saturated rings. The first-order valence-corrected chi connectivity index (χ1v) is 17.5. The minimum atomic E-state index is -3.10. The normalized spacial score (nSPS) is 17.3. The Morgan fingerprint density at radius 1 is 0.510 bits per heavy atom. The van der Waals surface area contributed by atoms with Gasteiger partial charge in [-0.1, -0.05) is 158 Å². The lowest BCUT2D eigenvalue weighted by atomic mass is 9.72. The molecule has 0 spiro atoms. The average Bonchev–Trinajstić information content (AvgIpc) is 3.75. The lowest BCUT2D eigenvalue weighted by Gasteiger charge is -2.32. The van der Waals surface area contributed by atoms with Crippen LogP contribution < -0.4 is 0 Å². The molecular weight excluding hydrogens is 657 g/mol. The van der Waals surface area contributed by atoms with Crippen LogP contribution >= 0.6 is 11.3 Å². The van der Waals surface area contributed by atoms with Gasteiger partial charge in [-0.05, 0) is 34.8 Å². The van der Waals surface area contributed by atoms with E-state index in [2.05, 4.69) is 10.2 Å². The number of rotatable bonds is 6. The average molecular weight is 686 g/mol. The zero-order valence-corrected chi connectivity index (χ0v) is 28.3. The molecule has 1 unspecified atom stereocenters. The fourth-order valence-corrected chi connectivity index (χ4v) is 8.00. The quantitative estimate of drug-likeness (QED) is 0.174. The van der Waals surface area contributed by atoms with Crippen LogP contribution in [-0.4, -0.2) is 25.1 Å². The monoisotopic (exact) mass is 685 g/mol. The number of alkyl halides is 2. The highest BCUT2D eigenvalue weighted by molar-refractivity contribution is 7.17. The summed E-state index contributed by atoms with van der Waals surface area (Å²) in [6.45, 7) is 1.91. The number of benzene rings is 5. The van der Waals surface area contributed by atoms with Gasteiger partial charge in [0.2, 0.25) is 0 Å². The van der Waals surface area contributed by atoms with E-state index in [1.54, 1.807) is 24.3 Å². The van der Waals surface area contributed by atoms with Crippen LogP contribution in [0.2, 0.25) is 0 Å². The first-order valence-electron chi connectivity index (χ1n) is 16.7. The first-order chi connectivity index (χ1) is 24.9. The fourth-order valence-electron chi connectivity index (χ4n) is 7.14. The number of allylic oxidation sites excluding steroid dienone is 4. The second kappa shape index (κ2) is 12.1. The van der Waals surface area contributed by atoms with Gasteiger partial charge in [0.25, 0.3) is 5.92 Å². The summed E-state index contributed by atoms with van der Waals surface area (Å²) < 4.78 is 32.3. The zero-order valence-electron chi connectivity index (χ0n) is 27.5. The van der Waals surface area contributed by atoms with Crippen molar-refractivity contribution in [2.45, 2.75) is 24.7 Å². The van der Waals surface area contributed by atoms with Crippen molar-refractivity contribution in [3.8, 4) is 55.0 Å². The largest absolute Gasteiger partial charge is 0.296 e. The Morgan fingerprint density at radius 3 is 1.59 bits per heavy atom. The molecule has 1 atom stereocenters. The lowest BCUT2D eigenvalue weighted by molar-refractivity contribution is 0.0371. The molecule has 0 bridgehead atoms. The molecule has 0 N–H and O–H groups in total. The first kappa shape index (κ1) is 31.0. The molecule has 2 aromatic heterocycles. The molecular formula is C43H29F2N5S. The Hall–Kier alpha value is -5.99. The van der Waals surface area contributed by atoms with Crippen molar-refractivity contribution in [2.75, 3.05) is 0 Å². The molecule has 8 heteroatoms. The van der Waals surface area contributed by atoms with Gasteiger partial charge in [-0.2, -0.15) is 8.78 Å². The minimum absolute atomic E-state index is 0.0409. The summed E-state index contributed by atoms with van der Waals surface area (Å²) in [6, 6.07) is 42.8. The molecule has 5 aromatic carbocycles. The van der Waals surface area contributed by atoms with Crippen LogP contribution in [0.15, 0.2) is 151 Å². The van der Waals surface area contributed by atoms with Crippen molar-refractivity contribution >= 4 is 16.9 Å². The molecule has 7 aromatic rings. The van der Waals surface area contributed by atoms with E-state index in [9.17, 15) is 0 Å². The van der Waals surface area contributed by atoms with E-state index in [1.807, 2.05) is 128 Å². The van der Waals surface area contributed by atoms with Gasteiger partial charge in [0.1, 0.15) is 10.0 Å². The zero-order chi connectivity index (χ0) is 34.6. The third-order valence-electron chi connectivity index (χ3n) is 9.78. The summed E-state index contributed by atoms with van der Waals surface area (Å²) in [5.41, 5.74) is 6.05. The molecule has 0 amide bonds. The van der Waals surface area contributed by atoms with Crippen LogP contribution in [0.1, 0.15) is 30.3 Å². The van der Waals surface area contributed by atoms with Crippen molar-refractivity contribution in [3.05, 3.63) is 168 Å². The maximum Gasteiger partial charge on any atom is 0.296 e. The number of fused-ring (bicyclic) bond motifs is 3. The summed E-state index contributed by atoms with van der Waals surface area (Å²) in [7, 11) is 0. The smallest absolute Gasteiger partial charge is 0.209 e. The molecule has 246 valence electrons. The number of aromatic nitrogens is 5. The van der Waals surface area contributed by atoms with Gasteiger partial charge in [-0.15, -0.1) is 10.2 Å². The Bertz CT molecular complexity index is 2420. The molecule has 5 nitrogen and oxygen atoms in total. The van der Waals surface area contributed by atoms with Crippen molar-refractivity contribution in [1.29, 1.82) is 0 Å². The second-order valence-electron chi connectivity index (χ2n) is 13.0. The number of nitrogens with zero attached hydrogens (tertiary/aromatic N) is 5. The van der Waals surface area contributed by atoms with Crippen LogP contribution in [0.5, 0.6) is 0 Å². The Kier molecular flexibility index (Phi) is 7.36. The fraction of sp³-hybridized carbons (Fsp3) is 0.0930. The Morgan fingerprint density at radius 2 is 1.00 bits per heavy atom. The standard InChI is InChI=1S/C43H29F2N5S/c1-42-26-33(39-47-37(28-11-5-2-6-12-28)46-38(48-39)29-13-7-3-8-14-29)22-24-36(42)43(44,45)34-23-21-32(25-35(34)42)27-17-19-31(20-18-27)41-50-49-40(51-41)30-15-9-4-10-16-30/h2-25H,26H2,1H3. The van der Waals surface area contributed by atoms with Gasteiger partial charge in [-0.3, -0.25) is 0 Å². The summed E-state index contributed by atoms with van der Waals surface area (Å²) in [5, 5.41) is 10.5. The second-order valence-corrected chi connectivity index (χ2v) is 14.0. The molecule has 0 radical (unpaired) electrons. The van der Waals surface area contributed by atoms with Gasteiger partial charge in [0.05, 0.1) is 0 Å². The highest BCUT2D eigenvalue weighted by atomic mass is 32.1. The van der Waals surface area contributed by atoms with Crippen molar-refractivity contribution in [2.24, 2.45) is 0 Å². The molecule has 9 rings (SSSR count). The van der Waals surface area contributed by atoms with Crippen LogP contribution in [0.4, 0.5) is 8.78 Å². The lowest BCUT2D eigenvalue weighted by Crippen LogP contribution is -2.27. The van der Waals surface area contributed by atoms with Gasteiger partial charge in [0.15, 0.2) is 17.5 Å². The SMILES string of the molecule is CC12CC(c3nc(-c4ccccc4)nc(-c4ccccc4)n3)=CC=C1C(F)(F)c1ccc(-c3ccc(-c4nnc(-c5ccccc5)s4)cc3)cc12. The third kappa shape index (κ3) is 5.39. The minimum Gasteiger partial charge on any atom is -0.209 e. The van der Waals surface area contributed by atoms with E-state index in [1.165, 1.54) is 11.3 Å². The molecule has 2 heterocycles. The highest BCUT2D eigenvalue weighted by Gasteiger charge is 2.57. The Labute approximate surface area is 297 Å². The van der Waals surface area contributed by atoms with E-state index in [4.69, 9.17) is 15.0 Å². The van der Waals surface area contributed by atoms with Crippen molar-refractivity contribution in [3.63, 3.8) is 0 Å². The summed E-state index contributed by atoms with van der Waals surface area (Å²) in [6.07, 6.45) is 3.65. The van der Waals surface area contributed by atoms with E-state index in [-0.39, 0.29) is 11.1 Å².